The van der Waals surface area contributed by atoms with Gasteiger partial charge in [0, 0.05) is 67.2 Å². The number of aliphatic imine (C=N–C) groups is 1. The molecular formula is C45H32N3O+. The molecule has 0 spiro atoms. The van der Waals surface area contributed by atoms with E-state index >= 15 is 0 Å². The van der Waals surface area contributed by atoms with Crippen LogP contribution in [0.4, 0.5) is 0 Å². The maximum Gasteiger partial charge on any atom is 0.213 e. The second-order valence-electron chi connectivity index (χ2n) is 13.8. The molecule has 2 aliphatic heterocycles. The Morgan fingerprint density at radius 1 is 0.755 bits per heavy atom. The molecule has 4 heteroatoms. The number of nitrogens with zero attached hydrogens (tertiary/aromatic N) is 3. The van der Waals surface area contributed by atoms with Gasteiger partial charge in [-0.3, -0.25) is 4.99 Å². The summed E-state index contributed by atoms with van der Waals surface area (Å²) in [6, 6.07) is 40.0. The minimum Gasteiger partial charge on any atom is -0.456 e. The summed E-state index contributed by atoms with van der Waals surface area (Å²) in [7, 11) is 0. The second kappa shape index (κ2) is 9.77. The van der Waals surface area contributed by atoms with Crippen molar-refractivity contribution in [3.63, 3.8) is 0 Å². The number of aryl methyl sites for hydroxylation is 1. The van der Waals surface area contributed by atoms with Crippen LogP contribution in [0.2, 0.25) is 0 Å². The lowest BCUT2D eigenvalue weighted by Crippen LogP contribution is -2.47. The molecule has 6 heterocycles. The van der Waals surface area contributed by atoms with Gasteiger partial charge in [0.25, 0.3) is 0 Å². The maximum atomic E-state index is 6.54. The zero-order valence-electron chi connectivity index (χ0n) is 27.0. The fourth-order valence-corrected chi connectivity index (χ4v) is 9.31. The van der Waals surface area contributed by atoms with E-state index in [1.165, 1.54) is 65.9 Å². The van der Waals surface area contributed by atoms with Crippen molar-refractivity contribution in [3.8, 4) is 11.3 Å². The van der Waals surface area contributed by atoms with Crippen molar-refractivity contribution in [1.29, 1.82) is 0 Å². The minimum absolute atomic E-state index is 0.229. The number of fused-ring (bicyclic) bond motifs is 17. The quantitative estimate of drug-likeness (QED) is 0.166. The smallest absolute Gasteiger partial charge is 0.213 e. The van der Waals surface area contributed by atoms with E-state index in [-0.39, 0.29) is 6.04 Å². The van der Waals surface area contributed by atoms with Crippen molar-refractivity contribution >= 4 is 65.7 Å². The van der Waals surface area contributed by atoms with E-state index in [2.05, 4.69) is 131 Å². The highest BCUT2D eigenvalue weighted by Crippen LogP contribution is 2.48. The topological polar surface area (TPSA) is 33.8 Å². The van der Waals surface area contributed by atoms with Gasteiger partial charge < -0.3 is 8.82 Å². The SMILES string of the molecule is C=CC1=NC(=C)CC2C(CCc3cc4c(cc31)c1cc3oc5ccccc5c3c3c5ccccc5n4c13)c1ccccc1-c1cccc[n+]12. The molecule has 49 heavy (non-hydrogen) atoms. The molecule has 4 aromatic heterocycles. The predicted molar refractivity (Wildman–Crippen MR) is 201 cm³/mol. The molecule has 4 nitrogen and oxygen atoms in total. The van der Waals surface area contributed by atoms with Crippen molar-refractivity contribution < 1.29 is 8.98 Å². The normalized spacial score (nSPS) is 17.8. The van der Waals surface area contributed by atoms with Gasteiger partial charge in [-0.15, -0.1) is 0 Å². The first-order valence-electron chi connectivity index (χ1n) is 17.2. The molecule has 0 saturated carbocycles. The lowest BCUT2D eigenvalue weighted by atomic mass is 9.77. The zero-order chi connectivity index (χ0) is 32.4. The van der Waals surface area contributed by atoms with Gasteiger partial charge in [-0.25, -0.2) is 0 Å². The highest BCUT2D eigenvalue weighted by atomic mass is 16.3. The molecule has 2 aliphatic rings. The van der Waals surface area contributed by atoms with Crippen molar-refractivity contribution in [2.45, 2.75) is 31.2 Å². The van der Waals surface area contributed by atoms with Crippen LogP contribution < -0.4 is 4.57 Å². The molecule has 5 aromatic carbocycles. The molecule has 0 radical (unpaired) electrons. The van der Waals surface area contributed by atoms with E-state index in [0.29, 0.717) is 5.92 Å². The Labute approximate surface area is 282 Å². The molecule has 2 unspecified atom stereocenters. The summed E-state index contributed by atoms with van der Waals surface area (Å²) < 4.78 is 11.5. The summed E-state index contributed by atoms with van der Waals surface area (Å²) in [4.78, 5) is 5.22. The van der Waals surface area contributed by atoms with Crippen LogP contribution in [0.5, 0.6) is 0 Å². The van der Waals surface area contributed by atoms with E-state index in [1.807, 2.05) is 12.1 Å². The van der Waals surface area contributed by atoms with Crippen LogP contribution in [0.1, 0.15) is 41.5 Å². The molecule has 232 valence electrons. The number of hydrogen-bond acceptors (Lipinski definition) is 2. The predicted octanol–water partition coefficient (Wildman–Crippen LogP) is 10.9. The summed E-state index contributed by atoms with van der Waals surface area (Å²) >= 11 is 0. The monoisotopic (exact) mass is 630 g/mol. The summed E-state index contributed by atoms with van der Waals surface area (Å²) in [5.41, 5.74) is 13.7. The first-order chi connectivity index (χ1) is 24.2. The third-order valence-electron chi connectivity index (χ3n) is 11.3. The van der Waals surface area contributed by atoms with Crippen molar-refractivity contribution in [1.82, 2.24) is 4.40 Å². The number of para-hydroxylation sites is 2. The van der Waals surface area contributed by atoms with Gasteiger partial charge in [-0.1, -0.05) is 67.8 Å². The third-order valence-corrected chi connectivity index (χ3v) is 11.3. The number of aromatic nitrogens is 2. The number of allylic oxidation sites excluding steroid dienone is 2. The van der Waals surface area contributed by atoms with E-state index in [1.54, 1.807) is 0 Å². The molecule has 0 saturated heterocycles. The van der Waals surface area contributed by atoms with Gasteiger partial charge in [0.2, 0.25) is 5.69 Å². The van der Waals surface area contributed by atoms with Crippen molar-refractivity contribution in [2.24, 2.45) is 4.99 Å². The Hall–Kier alpha value is -6.00. The Balaban J connectivity index is 1.20. The molecule has 0 bridgehead atoms. The first kappa shape index (κ1) is 27.0. The molecular weight excluding hydrogens is 599 g/mol. The Morgan fingerprint density at radius 2 is 1.57 bits per heavy atom. The van der Waals surface area contributed by atoms with Gasteiger partial charge >= 0.3 is 0 Å². The van der Waals surface area contributed by atoms with Crippen LogP contribution in [0.25, 0.3) is 71.3 Å². The molecule has 0 aliphatic carbocycles. The number of pyridine rings is 1. The molecule has 2 atom stereocenters. The fraction of sp³-hybridized carbons (Fsp3) is 0.111. The van der Waals surface area contributed by atoms with Crippen LogP contribution in [0.15, 0.2) is 150 Å². The van der Waals surface area contributed by atoms with E-state index in [0.717, 1.165) is 52.8 Å². The summed E-state index contributed by atoms with van der Waals surface area (Å²) in [6.45, 7) is 8.79. The highest BCUT2D eigenvalue weighted by Gasteiger charge is 2.40. The zero-order valence-corrected chi connectivity index (χ0v) is 27.0. The van der Waals surface area contributed by atoms with E-state index < -0.39 is 0 Å². The third kappa shape index (κ3) is 3.58. The van der Waals surface area contributed by atoms with Crippen molar-refractivity contribution in [2.75, 3.05) is 0 Å². The van der Waals surface area contributed by atoms with E-state index in [4.69, 9.17) is 9.41 Å². The standard InChI is InChI=1S/C45H32N3O/c1-3-36-33-24-34-35-25-42-43(32-15-7-9-18-41(32)49-42)44-31-14-6-8-17-38(31)48(45(35)44)40(34)23-27(33)19-20-30-28-12-4-5-13-29(28)37-16-10-11-21-47(37)39(30)22-26(2)46-36/h3-18,21,23-25,30,39H,1-2,19-20,22H2/q+1. The van der Waals surface area contributed by atoms with Crippen LogP contribution in [0, 0.1) is 0 Å². The summed E-state index contributed by atoms with van der Waals surface area (Å²) in [5.74, 6) is 0.325. The lowest BCUT2D eigenvalue weighted by Gasteiger charge is -2.31. The van der Waals surface area contributed by atoms with Gasteiger partial charge in [0.05, 0.1) is 28.7 Å². The number of furan rings is 1. The Bertz CT molecular complexity index is 2920. The van der Waals surface area contributed by atoms with Crippen molar-refractivity contribution in [3.05, 3.63) is 157 Å². The maximum absolute atomic E-state index is 6.54. The minimum atomic E-state index is 0.229. The van der Waals surface area contributed by atoms with Gasteiger partial charge in [-0.2, -0.15) is 4.57 Å². The molecule has 11 rings (SSSR count). The number of hydrogen-bond donors (Lipinski definition) is 0. The van der Waals surface area contributed by atoms with Crippen LogP contribution in [-0.2, 0) is 6.42 Å². The fourth-order valence-electron chi connectivity index (χ4n) is 9.31. The van der Waals surface area contributed by atoms with E-state index in [9.17, 15) is 0 Å². The molecule has 0 amide bonds. The second-order valence-corrected chi connectivity index (χ2v) is 13.8. The lowest BCUT2D eigenvalue weighted by molar-refractivity contribution is -0.718. The van der Waals surface area contributed by atoms with Gasteiger partial charge in [0.15, 0.2) is 12.2 Å². The number of rotatable bonds is 1. The van der Waals surface area contributed by atoms with Crippen LogP contribution in [-0.4, -0.2) is 10.1 Å². The van der Waals surface area contributed by atoms with Crippen LogP contribution >= 0.6 is 0 Å². The summed E-state index contributed by atoms with van der Waals surface area (Å²) in [5, 5.41) is 7.26. The largest absolute Gasteiger partial charge is 0.456 e. The molecule has 0 N–H and O–H groups in total. The Morgan fingerprint density at radius 3 is 2.49 bits per heavy atom. The number of benzene rings is 5. The first-order valence-corrected chi connectivity index (χ1v) is 17.2. The van der Waals surface area contributed by atoms with Gasteiger partial charge in [0.1, 0.15) is 11.2 Å². The molecule has 0 fully saturated rings. The molecule has 9 aromatic rings. The average molecular weight is 631 g/mol. The average Bonchev–Trinajstić information content (AvgIpc) is 3.79. The van der Waals surface area contributed by atoms with Crippen LogP contribution in [0.3, 0.4) is 0 Å². The Kier molecular flexibility index (Phi) is 5.39. The van der Waals surface area contributed by atoms with Gasteiger partial charge in [-0.05, 0) is 72.5 Å². The summed E-state index contributed by atoms with van der Waals surface area (Å²) in [6.07, 6.45) is 6.86. The highest BCUT2D eigenvalue weighted by molar-refractivity contribution is 6.35.